The highest BCUT2D eigenvalue weighted by molar-refractivity contribution is 6.36. The van der Waals surface area contributed by atoms with Gasteiger partial charge in [0.1, 0.15) is 12.7 Å². The van der Waals surface area contributed by atoms with Gasteiger partial charge in [-0.05, 0) is 52.3 Å². The number of ether oxygens (including phenoxy) is 1. The summed E-state index contributed by atoms with van der Waals surface area (Å²) in [6.07, 6.45) is 7.72. The summed E-state index contributed by atoms with van der Waals surface area (Å²) in [5, 5.41) is 26.0. The quantitative estimate of drug-likeness (QED) is 0.304. The topological polar surface area (TPSA) is 99.7 Å². The van der Waals surface area contributed by atoms with Gasteiger partial charge in [0.25, 0.3) is 0 Å². The second-order valence-corrected chi connectivity index (χ2v) is 10.1. The van der Waals surface area contributed by atoms with E-state index in [4.69, 9.17) is 21.3 Å². The first-order chi connectivity index (χ1) is 19.3. The summed E-state index contributed by atoms with van der Waals surface area (Å²) in [6.45, 7) is 0. The van der Waals surface area contributed by atoms with E-state index in [1.54, 1.807) is 47.8 Å². The van der Waals surface area contributed by atoms with Crippen molar-refractivity contribution in [3.8, 4) is 11.6 Å². The van der Waals surface area contributed by atoms with Gasteiger partial charge in [0.2, 0.25) is 23.4 Å². The Hall–Kier alpha value is -4.54. The van der Waals surface area contributed by atoms with Gasteiger partial charge in [-0.25, -0.2) is 9.67 Å². The van der Waals surface area contributed by atoms with Crippen LogP contribution < -0.4 is 9.42 Å². The standard InChI is InChI=1S/C29H28ClN8O2/c1-35-25(17-31-34-35)29(39,26-18-32-37(3)36(26)2)20-9-12-24-22(16-20)27(30)23(28(33-24)40-4)15-19-7-10-21(11-8-19)38-13-5-6-14-38/h5-14,16-18,39H,15H2,1-4H3/q+1. The van der Waals surface area contributed by atoms with E-state index < -0.39 is 5.60 Å². The predicted molar refractivity (Wildman–Crippen MR) is 149 cm³/mol. The zero-order chi connectivity index (χ0) is 28.0. The van der Waals surface area contributed by atoms with Crippen molar-refractivity contribution >= 4 is 22.5 Å². The third kappa shape index (κ3) is 4.12. The molecule has 0 spiro atoms. The summed E-state index contributed by atoms with van der Waals surface area (Å²) in [4.78, 5) is 6.41. The Balaban J connectivity index is 1.48. The van der Waals surface area contributed by atoms with Gasteiger partial charge >= 0.3 is 0 Å². The lowest BCUT2D eigenvalue weighted by Gasteiger charge is -2.26. The zero-order valence-electron chi connectivity index (χ0n) is 22.5. The molecule has 202 valence electrons. The first-order valence-corrected chi connectivity index (χ1v) is 13.0. The Bertz CT molecular complexity index is 1830. The van der Waals surface area contributed by atoms with Gasteiger partial charge in [0, 0.05) is 47.6 Å². The van der Waals surface area contributed by atoms with Crippen molar-refractivity contribution in [2.45, 2.75) is 12.0 Å². The normalized spacial score (nSPS) is 13.1. The average Bonchev–Trinajstić information content (AvgIpc) is 3.73. The number of rotatable bonds is 7. The molecule has 10 nitrogen and oxygen atoms in total. The molecule has 0 amide bonds. The van der Waals surface area contributed by atoms with Crippen molar-refractivity contribution in [3.63, 3.8) is 0 Å². The Labute approximate surface area is 235 Å². The van der Waals surface area contributed by atoms with Crippen LogP contribution in [0.2, 0.25) is 5.02 Å². The molecule has 4 heterocycles. The highest BCUT2D eigenvalue weighted by atomic mass is 35.5. The molecule has 0 radical (unpaired) electrons. The van der Waals surface area contributed by atoms with Crippen LogP contribution in [0.4, 0.5) is 0 Å². The average molecular weight is 556 g/mol. The SMILES string of the molecule is COc1nc2ccc(C(O)(c3cnnn3C)c3cnn(C)[n+]3C)cc2c(Cl)c1Cc1ccc(-n2cccc2)cc1. The van der Waals surface area contributed by atoms with Gasteiger partial charge in [-0.2, -0.15) is 4.68 Å². The Morgan fingerprint density at radius 2 is 1.80 bits per heavy atom. The number of hydrogen-bond acceptors (Lipinski definition) is 6. The van der Waals surface area contributed by atoms with E-state index in [9.17, 15) is 5.11 Å². The molecule has 1 atom stereocenters. The molecule has 1 N–H and O–H groups in total. The fourth-order valence-corrected chi connectivity index (χ4v) is 5.41. The number of fused-ring (bicyclic) bond motifs is 1. The van der Waals surface area contributed by atoms with E-state index >= 15 is 0 Å². The molecule has 0 aliphatic carbocycles. The zero-order valence-corrected chi connectivity index (χ0v) is 23.3. The van der Waals surface area contributed by atoms with Crippen molar-refractivity contribution in [2.24, 2.45) is 21.1 Å². The fourth-order valence-electron chi connectivity index (χ4n) is 5.11. The number of hydrogen-bond donors (Lipinski definition) is 1. The van der Waals surface area contributed by atoms with E-state index in [0.717, 1.165) is 16.8 Å². The number of nitrogens with zero attached hydrogens (tertiary/aromatic N) is 8. The molecule has 0 aliphatic heterocycles. The van der Waals surface area contributed by atoms with Crippen LogP contribution in [0.3, 0.4) is 0 Å². The number of halogens is 1. The molecule has 0 aliphatic rings. The van der Waals surface area contributed by atoms with Crippen molar-refractivity contribution < 1.29 is 14.5 Å². The first-order valence-electron chi connectivity index (χ1n) is 12.7. The Morgan fingerprint density at radius 3 is 2.42 bits per heavy atom. The van der Waals surface area contributed by atoms with Crippen LogP contribution in [0.25, 0.3) is 16.6 Å². The first kappa shape index (κ1) is 25.7. The molecule has 6 aromatic rings. The van der Waals surface area contributed by atoms with Crippen LogP contribution in [0.15, 0.2) is 79.4 Å². The van der Waals surface area contributed by atoms with Crippen LogP contribution in [0, 0.1) is 0 Å². The van der Waals surface area contributed by atoms with Crippen LogP contribution in [0.5, 0.6) is 5.88 Å². The Kier molecular flexibility index (Phi) is 6.36. The van der Waals surface area contributed by atoms with Crippen LogP contribution >= 0.6 is 11.6 Å². The minimum absolute atomic E-state index is 0.462. The molecular formula is C29H28ClN8O2+. The second kappa shape index (κ2) is 9.89. The van der Waals surface area contributed by atoms with Gasteiger partial charge in [-0.15, -0.1) is 5.10 Å². The highest BCUT2D eigenvalue weighted by Crippen LogP contribution is 2.39. The third-order valence-electron chi connectivity index (χ3n) is 7.39. The van der Waals surface area contributed by atoms with E-state index in [2.05, 4.69) is 44.2 Å². The monoisotopic (exact) mass is 555 g/mol. The number of pyridine rings is 1. The second-order valence-electron chi connectivity index (χ2n) is 9.68. The number of aromatic nitrogens is 8. The number of benzene rings is 2. The van der Waals surface area contributed by atoms with Crippen molar-refractivity contribution in [1.82, 2.24) is 34.4 Å². The van der Waals surface area contributed by atoms with E-state index in [-0.39, 0.29) is 0 Å². The van der Waals surface area contributed by atoms with E-state index in [0.29, 0.717) is 45.2 Å². The van der Waals surface area contributed by atoms with Gasteiger partial charge in [0.05, 0.1) is 30.9 Å². The molecule has 1 unspecified atom stereocenters. The minimum atomic E-state index is -1.62. The van der Waals surface area contributed by atoms with E-state index in [1.165, 1.54) is 0 Å². The predicted octanol–water partition coefficient (Wildman–Crippen LogP) is 3.25. The fraction of sp³-hybridized carbons (Fsp3) is 0.207. The maximum Gasteiger partial charge on any atom is 0.218 e. The summed E-state index contributed by atoms with van der Waals surface area (Å²) in [7, 11) is 6.96. The summed E-state index contributed by atoms with van der Waals surface area (Å²) in [5.41, 5.74) is 3.53. The number of aryl methyl sites for hydroxylation is 2. The molecule has 11 heteroatoms. The van der Waals surface area contributed by atoms with Gasteiger partial charge in [-0.3, -0.25) is 0 Å². The molecule has 0 saturated heterocycles. The number of methoxy groups -OCH3 is 1. The summed E-state index contributed by atoms with van der Waals surface area (Å²) >= 11 is 7.09. The van der Waals surface area contributed by atoms with E-state index in [1.807, 2.05) is 49.8 Å². The molecule has 6 rings (SSSR count). The molecule has 0 fully saturated rings. The maximum absolute atomic E-state index is 12.4. The van der Waals surface area contributed by atoms with Crippen LogP contribution in [-0.2, 0) is 33.2 Å². The molecular weight excluding hydrogens is 528 g/mol. The summed E-state index contributed by atoms with van der Waals surface area (Å²) in [6, 6.07) is 17.8. The highest BCUT2D eigenvalue weighted by Gasteiger charge is 2.44. The van der Waals surface area contributed by atoms with Crippen molar-refractivity contribution in [1.29, 1.82) is 0 Å². The van der Waals surface area contributed by atoms with Gasteiger partial charge in [-0.1, -0.05) is 35.0 Å². The lowest BCUT2D eigenvalue weighted by atomic mass is 9.86. The maximum atomic E-state index is 12.4. The molecule has 2 aromatic carbocycles. The van der Waals surface area contributed by atoms with Crippen LogP contribution in [0.1, 0.15) is 28.1 Å². The third-order valence-corrected chi connectivity index (χ3v) is 7.83. The summed E-state index contributed by atoms with van der Waals surface area (Å²) < 4.78 is 11.0. The van der Waals surface area contributed by atoms with Crippen molar-refractivity contribution in [2.75, 3.05) is 7.11 Å². The largest absolute Gasteiger partial charge is 0.481 e. The smallest absolute Gasteiger partial charge is 0.218 e. The van der Waals surface area contributed by atoms with Gasteiger partial charge in [0.15, 0.2) is 0 Å². The minimum Gasteiger partial charge on any atom is -0.481 e. The van der Waals surface area contributed by atoms with Gasteiger partial charge < -0.3 is 14.4 Å². The molecule has 4 aromatic heterocycles. The summed E-state index contributed by atoms with van der Waals surface area (Å²) in [5.74, 6) is 0.462. The molecule has 0 saturated carbocycles. The lowest BCUT2D eigenvalue weighted by Crippen LogP contribution is -2.48. The van der Waals surface area contributed by atoms with Crippen molar-refractivity contribution in [3.05, 3.63) is 112 Å². The molecule has 40 heavy (non-hydrogen) atoms. The number of aliphatic hydroxyl groups is 1. The van der Waals surface area contributed by atoms with Crippen LogP contribution in [-0.4, -0.2) is 46.7 Å². The lowest BCUT2D eigenvalue weighted by molar-refractivity contribution is -0.766. The molecule has 0 bridgehead atoms. The Morgan fingerprint density at radius 1 is 1.05 bits per heavy atom.